The molecule has 2 aromatic rings. The van der Waals surface area contributed by atoms with E-state index >= 15 is 0 Å². The Hall–Kier alpha value is -2.44. The minimum atomic E-state index is -0.312. The molecule has 4 rings (SSSR count). The molecule has 26 heavy (non-hydrogen) atoms. The van der Waals surface area contributed by atoms with Crippen LogP contribution in [0.4, 0.5) is 8.78 Å². The SMILES string of the molecule is Fc1ccccc1/C=C1\CNCC2C1=NC(=S)NC2c1ccccc1F. The van der Waals surface area contributed by atoms with Gasteiger partial charge in [0.1, 0.15) is 11.6 Å². The highest BCUT2D eigenvalue weighted by atomic mass is 32.1. The quantitative estimate of drug-likeness (QED) is 0.794. The third kappa shape index (κ3) is 3.18. The molecule has 0 saturated carbocycles. The highest BCUT2D eigenvalue weighted by Gasteiger charge is 2.37. The maximum Gasteiger partial charge on any atom is 0.193 e. The van der Waals surface area contributed by atoms with E-state index < -0.39 is 0 Å². The van der Waals surface area contributed by atoms with Gasteiger partial charge in [0.05, 0.1) is 11.8 Å². The molecule has 2 aliphatic heterocycles. The van der Waals surface area contributed by atoms with Crippen molar-refractivity contribution >= 4 is 29.1 Å². The lowest BCUT2D eigenvalue weighted by molar-refractivity contribution is 0.438. The van der Waals surface area contributed by atoms with Gasteiger partial charge in [0.25, 0.3) is 0 Å². The molecule has 0 radical (unpaired) electrons. The maximum absolute atomic E-state index is 14.3. The number of nitrogens with one attached hydrogen (secondary N) is 2. The topological polar surface area (TPSA) is 36.4 Å². The zero-order valence-corrected chi connectivity index (χ0v) is 14.7. The van der Waals surface area contributed by atoms with E-state index in [4.69, 9.17) is 12.2 Å². The molecule has 2 aromatic carbocycles. The summed E-state index contributed by atoms with van der Waals surface area (Å²) >= 11 is 5.29. The smallest absolute Gasteiger partial charge is 0.193 e. The van der Waals surface area contributed by atoms with E-state index in [9.17, 15) is 8.78 Å². The van der Waals surface area contributed by atoms with Crippen LogP contribution >= 0.6 is 12.2 Å². The summed E-state index contributed by atoms with van der Waals surface area (Å²) in [6.07, 6.45) is 1.79. The van der Waals surface area contributed by atoms with Gasteiger partial charge in [-0.15, -0.1) is 0 Å². The summed E-state index contributed by atoms with van der Waals surface area (Å²) in [5.74, 6) is -0.658. The Balaban J connectivity index is 1.75. The van der Waals surface area contributed by atoms with Crippen molar-refractivity contribution in [2.45, 2.75) is 6.04 Å². The van der Waals surface area contributed by atoms with E-state index in [1.54, 1.807) is 42.5 Å². The van der Waals surface area contributed by atoms with Gasteiger partial charge in [-0.05, 0) is 36.0 Å². The Bertz CT molecular complexity index is 923. The molecule has 2 unspecified atom stereocenters. The van der Waals surface area contributed by atoms with E-state index in [1.165, 1.54) is 12.1 Å². The van der Waals surface area contributed by atoms with Crippen molar-refractivity contribution in [2.24, 2.45) is 10.9 Å². The zero-order valence-electron chi connectivity index (χ0n) is 13.9. The van der Waals surface area contributed by atoms with Crippen molar-refractivity contribution in [3.05, 3.63) is 76.9 Å². The summed E-state index contributed by atoms with van der Waals surface area (Å²) in [5, 5.41) is 6.79. The van der Waals surface area contributed by atoms with Crippen molar-refractivity contribution in [3.8, 4) is 0 Å². The van der Waals surface area contributed by atoms with Crippen LogP contribution in [0.15, 0.2) is 59.1 Å². The van der Waals surface area contributed by atoms with Crippen molar-refractivity contribution in [3.63, 3.8) is 0 Å². The molecule has 6 heteroatoms. The lowest BCUT2D eigenvalue weighted by Gasteiger charge is -2.38. The number of benzene rings is 2. The Morgan fingerprint density at radius 2 is 1.77 bits per heavy atom. The second-order valence-corrected chi connectivity index (χ2v) is 6.76. The maximum atomic E-state index is 14.3. The van der Waals surface area contributed by atoms with Crippen LogP contribution in [0.25, 0.3) is 6.08 Å². The molecule has 1 fully saturated rings. The minimum absolute atomic E-state index is 0.0922. The first-order chi connectivity index (χ1) is 12.6. The van der Waals surface area contributed by atoms with Gasteiger partial charge in [0.2, 0.25) is 0 Å². The van der Waals surface area contributed by atoms with Crippen LogP contribution in [0.5, 0.6) is 0 Å². The molecule has 1 saturated heterocycles. The van der Waals surface area contributed by atoms with Crippen LogP contribution in [-0.4, -0.2) is 23.9 Å². The second-order valence-electron chi connectivity index (χ2n) is 6.37. The van der Waals surface area contributed by atoms with Gasteiger partial charge < -0.3 is 10.6 Å². The number of fused-ring (bicyclic) bond motifs is 1. The lowest BCUT2D eigenvalue weighted by atomic mass is 9.81. The highest BCUT2D eigenvalue weighted by Crippen LogP contribution is 2.32. The first-order valence-electron chi connectivity index (χ1n) is 8.43. The molecule has 0 spiro atoms. The number of thiocarbonyl (C=S) groups is 1. The average Bonchev–Trinajstić information content (AvgIpc) is 2.64. The van der Waals surface area contributed by atoms with E-state index in [0.29, 0.717) is 29.3 Å². The third-order valence-electron chi connectivity index (χ3n) is 4.74. The molecule has 0 amide bonds. The lowest BCUT2D eigenvalue weighted by Crippen LogP contribution is -2.50. The van der Waals surface area contributed by atoms with Gasteiger partial charge in [-0.3, -0.25) is 0 Å². The van der Waals surface area contributed by atoms with E-state index in [1.807, 2.05) is 0 Å². The van der Waals surface area contributed by atoms with Crippen molar-refractivity contribution in [2.75, 3.05) is 13.1 Å². The van der Waals surface area contributed by atoms with Crippen molar-refractivity contribution in [1.82, 2.24) is 10.6 Å². The van der Waals surface area contributed by atoms with Crippen LogP contribution < -0.4 is 10.6 Å². The Morgan fingerprint density at radius 1 is 1.04 bits per heavy atom. The molecule has 132 valence electrons. The summed E-state index contributed by atoms with van der Waals surface area (Å²) in [7, 11) is 0. The first kappa shape index (κ1) is 17.0. The van der Waals surface area contributed by atoms with E-state index in [2.05, 4.69) is 15.6 Å². The number of aliphatic imine (C=N–C) groups is 1. The van der Waals surface area contributed by atoms with Crippen molar-refractivity contribution < 1.29 is 8.78 Å². The van der Waals surface area contributed by atoms with Crippen molar-refractivity contribution in [1.29, 1.82) is 0 Å². The number of hydrogen-bond acceptors (Lipinski definition) is 2. The number of rotatable bonds is 2. The van der Waals surface area contributed by atoms with Gasteiger partial charge in [0.15, 0.2) is 5.11 Å². The van der Waals surface area contributed by atoms with Gasteiger partial charge in [-0.2, -0.15) is 0 Å². The number of halogens is 2. The van der Waals surface area contributed by atoms with Gasteiger partial charge >= 0.3 is 0 Å². The molecular formula is C20H17F2N3S. The highest BCUT2D eigenvalue weighted by molar-refractivity contribution is 7.80. The number of hydrogen-bond donors (Lipinski definition) is 2. The monoisotopic (exact) mass is 369 g/mol. The largest absolute Gasteiger partial charge is 0.353 e. The fourth-order valence-corrected chi connectivity index (χ4v) is 3.75. The molecule has 2 atom stereocenters. The molecule has 0 bridgehead atoms. The molecule has 2 aliphatic rings. The standard InChI is InChI=1S/C20H17F2N3S/c21-16-7-3-1-5-12(16)9-13-10-23-11-15-18(13)24-20(26)25-19(15)14-6-2-4-8-17(14)22/h1-9,15,19,23H,10-11H2,(H,25,26)/b13-9+. The molecule has 3 nitrogen and oxygen atoms in total. The van der Waals surface area contributed by atoms with E-state index in [0.717, 1.165) is 11.3 Å². The van der Waals surface area contributed by atoms with Crippen LogP contribution in [0.1, 0.15) is 17.2 Å². The van der Waals surface area contributed by atoms with E-state index in [-0.39, 0.29) is 23.6 Å². The molecular weight excluding hydrogens is 352 g/mol. The molecule has 2 N–H and O–H groups in total. The fraction of sp³-hybridized carbons (Fsp3) is 0.200. The predicted molar refractivity (Wildman–Crippen MR) is 103 cm³/mol. The molecule has 2 heterocycles. The third-order valence-corrected chi connectivity index (χ3v) is 4.95. The van der Waals surface area contributed by atoms with Gasteiger partial charge in [0, 0.05) is 30.1 Å². The van der Waals surface area contributed by atoms with Crippen LogP contribution in [0, 0.1) is 17.6 Å². The summed E-state index contributed by atoms with van der Waals surface area (Å²) in [6, 6.07) is 13.0. The Morgan fingerprint density at radius 3 is 2.54 bits per heavy atom. The summed E-state index contributed by atoms with van der Waals surface area (Å²) < 4.78 is 28.4. The van der Waals surface area contributed by atoms with Gasteiger partial charge in [-0.25, -0.2) is 13.8 Å². The summed E-state index contributed by atoms with van der Waals surface area (Å²) in [5.41, 5.74) is 2.72. The zero-order chi connectivity index (χ0) is 18.1. The molecule has 0 aliphatic carbocycles. The second kappa shape index (κ2) is 7.05. The number of nitrogens with zero attached hydrogens (tertiary/aromatic N) is 1. The Labute approximate surface area is 155 Å². The average molecular weight is 369 g/mol. The predicted octanol–water partition coefficient (Wildman–Crippen LogP) is 3.64. The summed E-state index contributed by atoms with van der Waals surface area (Å²) in [6.45, 7) is 1.21. The van der Waals surface area contributed by atoms with Crippen LogP contribution in [0.2, 0.25) is 0 Å². The molecule has 0 aromatic heterocycles. The van der Waals surface area contributed by atoms with Gasteiger partial charge in [-0.1, -0.05) is 36.4 Å². The minimum Gasteiger partial charge on any atom is -0.353 e. The normalized spacial score (nSPS) is 24.0. The number of piperidine rings is 1. The first-order valence-corrected chi connectivity index (χ1v) is 8.84. The van der Waals surface area contributed by atoms with Crippen LogP contribution in [0.3, 0.4) is 0 Å². The fourth-order valence-electron chi connectivity index (χ4n) is 3.52. The summed E-state index contributed by atoms with van der Waals surface area (Å²) in [4.78, 5) is 4.50. The Kier molecular flexibility index (Phi) is 4.61. The van der Waals surface area contributed by atoms with Crippen LogP contribution in [-0.2, 0) is 0 Å².